The number of hydrogen-bond donors (Lipinski definition) is 1. The fourth-order valence-electron chi connectivity index (χ4n) is 5.06. The van der Waals surface area contributed by atoms with Crippen LogP contribution in [-0.4, -0.2) is 67.6 Å². The molecule has 0 amide bonds. The molecule has 4 rings (SSSR count). The average Bonchev–Trinajstić information content (AvgIpc) is 3.15. The van der Waals surface area contributed by atoms with E-state index in [1.807, 2.05) is 6.07 Å². The SMILES string of the molecule is CN(C)CCNCC1C2=C(CCN1CCCc1ccc(Cl)c(C(F)(F)F)n1)c1cc(Cl)ccc1C2. The molecule has 1 aromatic heterocycles. The van der Waals surface area contributed by atoms with Crippen molar-refractivity contribution in [2.45, 2.75) is 37.9 Å². The molecule has 0 radical (unpaired) electrons. The fraction of sp³-hybridized carbons (Fsp3) is 0.500. The first-order valence-electron chi connectivity index (χ1n) is 12.0. The Morgan fingerprint density at radius 2 is 1.97 bits per heavy atom. The van der Waals surface area contributed by atoms with Crippen LogP contribution in [0.1, 0.15) is 35.4 Å². The van der Waals surface area contributed by atoms with Crippen LogP contribution >= 0.6 is 23.2 Å². The molecule has 1 aromatic carbocycles. The fourth-order valence-corrected chi connectivity index (χ4v) is 5.44. The zero-order valence-electron chi connectivity index (χ0n) is 20.1. The van der Waals surface area contributed by atoms with Gasteiger partial charge in [-0.2, -0.15) is 13.2 Å². The summed E-state index contributed by atoms with van der Waals surface area (Å²) >= 11 is 12.0. The Labute approximate surface area is 215 Å². The maximum absolute atomic E-state index is 13.2. The molecule has 190 valence electrons. The lowest BCUT2D eigenvalue weighted by Crippen LogP contribution is -2.47. The molecule has 2 heterocycles. The van der Waals surface area contributed by atoms with Gasteiger partial charge in [-0.05, 0) is 92.9 Å². The Morgan fingerprint density at radius 1 is 1.17 bits per heavy atom. The van der Waals surface area contributed by atoms with Crippen LogP contribution in [0.2, 0.25) is 10.0 Å². The van der Waals surface area contributed by atoms with E-state index in [9.17, 15) is 13.2 Å². The van der Waals surface area contributed by atoms with E-state index in [1.165, 1.54) is 28.3 Å². The van der Waals surface area contributed by atoms with E-state index >= 15 is 0 Å². The van der Waals surface area contributed by atoms with Crippen molar-refractivity contribution in [1.29, 1.82) is 0 Å². The van der Waals surface area contributed by atoms with Gasteiger partial charge in [0.25, 0.3) is 0 Å². The molecule has 0 saturated carbocycles. The van der Waals surface area contributed by atoms with Gasteiger partial charge in [0.05, 0.1) is 5.02 Å². The van der Waals surface area contributed by atoms with Crippen molar-refractivity contribution >= 4 is 28.8 Å². The third-order valence-electron chi connectivity index (χ3n) is 6.78. The summed E-state index contributed by atoms with van der Waals surface area (Å²) in [5, 5.41) is 4.01. The van der Waals surface area contributed by atoms with E-state index in [-0.39, 0.29) is 11.1 Å². The Kier molecular flexibility index (Phi) is 8.44. The first-order chi connectivity index (χ1) is 16.6. The van der Waals surface area contributed by atoms with Gasteiger partial charge < -0.3 is 10.2 Å². The summed E-state index contributed by atoms with van der Waals surface area (Å²) in [6.07, 6.45) is -1.48. The summed E-state index contributed by atoms with van der Waals surface area (Å²) in [5.74, 6) is 0. The van der Waals surface area contributed by atoms with E-state index in [1.54, 1.807) is 6.07 Å². The van der Waals surface area contributed by atoms with Crippen LogP contribution < -0.4 is 5.32 Å². The van der Waals surface area contributed by atoms with Gasteiger partial charge in [0, 0.05) is 42.9 Å². The van der Waals surface area contributed by atoms with Gasteiger partial charge in [0.1, 0.15) is 0 Å². The van der Waals surface area contributed by atoms with Crippen LogP contribution in [0.5, 0.6) is 0 Å². The number of alkyl halides is 3. The quantitative estimate of drug-likeness (QED) is 0.432. The molecule has 4 nitrogen and oxygen atoms in total. The highest BCUT2D eigenvalue weighted by molar-refractivity contribution is 6.31. The molecule has 1 atom stereocenters. The number of nitrogens with zero attached hydrogens (tertiary/aromatic N) is 3. The zero-order chi connectivity index (χ0) is 25.2. The predicted octanol–water partition coefficient (Wildman–Crippen LogP) is 5.58. The zero-order valence-corrected chi connectivity index (χ0v) is 21.6. The average molecular weight is 527 g/mol. The standard InChI is InChI=1S/C26H31Cl2F3N4/c1-34(2)13-10-32-16-24-22-14-17-5-6-18(27)15-21(17)20(22)9-12-35(24)11-3-4-19-7-8-23(28)25(33-19)26(29,30)31/h5-8,15,24,32H,3-4,9-14,16H2,1-2H3. The second-order valence-corrected chi connectivity index (χ2v) is 10.4. The second kappa shape index (κ2) is 11.2. The topological polar surface area (TPSA) is 31.4 Å². The van der Waals surface area contributed by atoms with Crippen molar-refractivity contribution in [3.63, 3.8) is 0 Å². The summed E-state index contributed by atoms with van der Waals surface area (Å²) in [7, 11) is 4.11. The highest BCUT2D eigenvalue weighted by Crippen LogP contribution is 2.42. The number of benzene rings is 1. The van der Waals surface area contributed by atoms with Crippen molar-refractivity contribution in [2.75, 3.05) is 46.8 Å². The largest absolute Gasteiger partial charge is 0.434 e. The van der Waals surface area contributed by atoms with Crippen LogP contribution in [0.15, 0.2) is 35.9 Å². The lowest BCUT2D eigenvalue weighted by Gasteiger charge is -2.38. The van der Waals surface area contributed by atoms with Crippen LogP contribution in [0.4, 0.5) is 13.2 Å². The van der Waals surface area contributed by atoms with Gasteiger partial charge in [0.2, 0.25) is 0 Å². The third-order valence-corrected chi connectivity index (χ3v) is 7.32. The first-order valence-corrected chi connectivity index (χ1v) is 12.7. The molecule has 9 heteroatoms. The maximum Gasteiger partial charge on any atom is 0.434 e. The molecule has 1 N–H and O–H groups in total. The molecule has 1 aliphatic heterocycles. The molecule has 1 unspecified atom stereocenters. The number of rotatable bonds is 9. The summed E-state index contributed by atoms with van der Waals surface area (Å²) in [4.78, 5) is 8.42. The minimum Gasteiger partial charge on any atom is -0.314 e. The Bertz CT molecular complexity index is 1080. The Hall–Kier alpha value is -1.64. The number of aromatic nitrogens is 1. The van der Waals surface area contributed by atoms with Crippen molar-refractivity contribution < 1.29 is 13.2 Å². The number of aryl methyl sites for hydroxylation is 1. The summed E-state index contributed by atoms with van der Waals surface area (Å²) in [6, 6.07) is 9.29. The molecular weight excluding hydrogens is 496 g/mol. The van der Waals surface area contributed by atoms with E-state index in [4.69, 9.17) is 23.2 Å². The van der Waals surface area contributed by atoms with Crippen LogP contribution in [-0.2, 0) is 19.0 Å². The minimum atomic E-state index is -4.55. The minimum absolute atomic E-state index is 0.246. The van der Waals surface area contributed by atoms with Gasteiger partial charge in [-0.1, -0.05) is 29.3 Å². The molecule has 1 aliphatic carbocycles. The van der Waals surface area contributed by atoms with Gasteiger partial charge >= 0.3 is 6.18 Å². The number of fused-ring (bicyclic) bond motifs is 2. The van der Waals surface area contributed by atoms with Crippen LogP contribution in [0.25, 0.3) is 5.57 Å². The normalized spacial score (nSPS) is 18.3. The summed E-state index contributed by atoms with van der Waals surface area (Å²) < 4.78 is 39.5. The molecule has 0 saturated heterocycles. The smallest absolute Gasteiger partial charge is 0.314 e. The second-order valence-electron chi connectivity index (χ2n) is 9.53. The van der Waals surface area contributed by atoms with Crippen molar-refractivity contribution in [3.05, 3.63) is 68.5 Å². The Balaban J connectivity index is 1.45. The highest BCUT2D eigenvalue weighted by atomic mass is 35.5. The van der Waals surface area contributed by atoms with Crippen LogP contribution in [0.3, 0.4) is 0 Å². The summed E-state index contributed by atoms with van der Waals surface area (Å²) in [5.41, 5.74) is 4.86. The lowest BCUT2D eigenvalue weighted by molar-refractivity contribution is -0.141. The maximum atomic E-state index is 13.2. The highest BCUT2D eigenvalue weighted by Gasteiger charge is 2.36. The predicted molar refractivity (Wildman–Crippen MR) is 136 cm³/mol. The summed E-state index contributed by atoms with van der Waals surface area (Å²) in [6.45, 7) is 4.39. The third kappa shape index (κ3) is 6.38. The molecule has 0 fully saturated rings. The van der Waals surface area contributed by atoms with Crippen molar-refractivity contribution in [1.82, 2.24) is 20.1 Å². The number of halogens is 5. The van der Waals surface area contributed by atoms with E-state index < -0.39 is 11.9 Å². The van der Waals surface area contributed by atoms with Gasteiger partial charge in [-0.3, -0.25) is 4.90 Å². The molecule has 2 aliphatic rings. The number of pyridine rings is 1. The molecule has 0 spiro atoms. The molecule has 0 bridgehead atoms. The Morgan fingerprint density at radius 3 is 2.71 bits per heavy atom. The molecule has 2 aromatic rings. The number of likely N-dealkylation sites (N-methyl/N-ethyl adjacent to an activating group) is 1. The number of nitrogens with one attached hydrogen (secondary N) is 1. The van der Waals surface area contributed by atoms with Gasteiger partial charge in [-0.15, -0.1) is 0 Å². The van der Waals surface area contributed by atoms with E-state index in [2.05, 4.69) is 46.3 Å². The van der Waals surface area contributed by atoms with Crippen molar-refractivity contribution in [3.8, 4) is 0 Å². The molecular formula is C26H31Cl2F3N4. The van der Waals surface area contributed by atoms with E-state index in [0.717, 1.165) is 57.0 Å². The van der Waals surface area contributed by atoms with E-state index in [0.29, 0.717) is 12.1 Å². The van der Waals surface area contributed by atoms with Crippen molar-refractivity contribution in [2.24, 2.45) is 0 Å². The van der Waals surface area contributed by atoms with Gasteiger partial charge in [-0.25, -0.2) is 4.98 Å². The lowest BCUT2D eigenvalue weighted by atomic mass is 9.92. The molecule has 35 heavy (non-hydrogen) atoms. The van der Waals surface area contributed by atoms with Crippen LogP contribution in [0, 0.1) is 0 Å². The first kappa shape index (κ1) is 26.4. The number of hydrogen-bond acceptors (Lipinski definition) is 4. The monoisotopic (exact) mass is 526 g/mol. The van der Waals surface area contributed by atoms with Gasteiger partial charge in [0.15, 0.2) is 5.69 Å².